The van der Waals surface area contributed by atoms with Crippen LogP contribution in [-0.2, 0) is 4.74 Å². The number of anilines is 2. The van der Waals surface area contributed by atoms with Crippen molar-refractivity contribution in [1.29, 1.82) is 0 Å². The van der Waals surface area contributed by atoms with Crippen molar-refractivity contribution in [2.24, 2.45) is 5.92 Å². The van der Waals surface area contributed by atoms with Crippen LogP contribution in [0.25, 0.3) is 22.3 Å². The smallest absolute Gasteiger partial charge is 0.410 e. The van der Waals surface area contributed by atoms with E-state index in [1.807, 2.05) is 82.4 Å². The fraction of sp³-hybridized carbons (Fsp3) is 0.290. The first-order chi connectivity index (χ1) is 20.1. The normalized spacial score (nSPS) is 15.5. The van der Waals surface area contributed by atoms with E-state index in [0.717, 1.165) is 33.8 Å². The Balaban J connectivity index is 1.22. The summed E-state index contributed by atoms with van der Waals surface area (Å²) in [6, 6.07) is 13.5. The summed E-state index contributed by atoms with van der Waals surface area (Å²) in [7, 11) is 0. The molecule has 0 spiro atoms. The van der Waals surface area contributed by atoms with Gasteiger partial charge in [-0.2, -0.15) is 5.10 Å². The molecule has 214 valence electrons. The highest BCUT2D eigenvalue weighted by Gasteiger charge is 2.28. The second kappa shape index (κ2) is 10.7. The summed E-state index contributed by atoms with van der Waals surface area (Å²) in [6.45, 7) is 10.7. The molecule has 42 heavy (non-hydrogen) atoms. The molecule has 4 aromatic heterocycles. The molecule has 0 saturated heterocycles. The van der Waals surface area contributed by atoms with Crippen LogP contribution in [0.1, 0.15) is 39.0 Å². The maximum absolute atomic E-state index is 12.6. The lowest BCUT2D eigenvalue weighted by molar-refractivity contribution is 0.0251. The van der Waals surface area contributed by atoms with E-state index in [1.165, 1.54) is 12.7 Å². The van der Waals surface area contributed by atoms with E-state index in [0.29, 0.717) is 35.8 Å². The number of hydrogen-bond donors (Lipinski definition) is 1. The molecular formula is C31H32N8O3. The second-order valence-electron chi connectivity index (χ2n) is 11.4. The Labute approximate surface area is 243 Å². The highest BCUT2D eigenvalue weighted by Crippen LogP contribution is 2.32. The number of amides is 1. The molecule has 1 aliphatic rings. The Hall–Kier alpha value is -5.06. The molecule has 1 atom stereocenters. The van der Waals surface area contributed by atoms with E-state index >= 15 is 0 Å². The highest BCUT2D eigenvalue weighted by molar-refractivity contribution is 5.88. The molecule has 1 aromatic carbocycles. The van der Waals surface area contributed by atoms with Crippen molar-refractivity contribution in [2.45, 2.75) is 40.2 Å². The van der Waals surface area contributed by atoms with Crippen molar-refractivity contribution in [3.05, 3.63) is 78.6 Å². The number of aromatic nitrogens is 6. The topological polar surface area (TPSA) is 120 Å². The third kappa shape index (κ3) is 5.71. The zero-order valence-electron chi connectivity index (χ0n) is 24.2. The first-order valence-electron chi connectivity index (χ1n) is 13.8. The van der Waals surface area contributed by atoms with E-state index in [9.17, 15) is 4.79 Å². The summed E-state index contributed by atoms with van der Waals surface area (Å²) in [4.78, 5) is 32.4. The summed E-state index contributed by atoms with van der Waals surface area (Å²) in [5, 5.41) is 7.52. The van der Waals surface area contributed by atoms with Crippen molar-refractivity contribution in [3.63, 3.8) is 0 Å². The Bertz CT molecular complexity index is 1820. The lowest BCUT2D eigenvalue weighted by Gasteiger charge is -2.32. The first-order valence-corrected chi connectivity index (χ1v) is 13.8. The molecule has 6 rings (SSSR count). The summed E-state index contributed by atoms with van der Waals surface area (Å²) in [6.07, 6.45) is 6.58. The number of aryl methyl sites for hydroxylation is 1. The summed E-state index contributed by atoms with van der Waals surface area (Å²) in [5.74, 6) is 2.10. The van der Waals surface area contributed by atoms with Crippen LogP contribution in [0.3, 0.4) is 0 Å². The predicted octanol–water partition coefficient (Wildman–Crippen LogP) is 6.18. The van der Waals surface area contributed by atoms with Gasteiger partial charge in [0.15, 0.2) is 11.5 Å². The minimum atomic E-state index is -0.535. The number of benzene rings is 1. The number of carbonyl (C=O) groups excluding carboxylic acids is 1. The summed E-state index contributed by atoms with van der Waals surface area (Å²) in [5.41, 5.74) is 5.28. The van der Waals surface area contributed by atoms with Crippen molar-refractivity contribution in [2.75, 3.05) is 18.4 Å². The molecule has 1 aliphatic heterocycles. The SMILES string of the molecule is Cc1cc(Nc2ncnc3ccc(C4=CCN(C(=O)OC(C)(C)C)CC4C)nc23)ccc1Oc1ccn2ncnc2c1. The number of nitrogens with one attached hydrogen (secondary N) is 1. The van der Waals surface area contributed by atoms with E-state index in [1.54, 1.807) is 9.42 Å². The molecule has 11 nitrogen and oxygen atoms in total. The molecule has 0 aliphatic carbocycles. The number of carbonyl (C=O) groups is 1. The molecule has 0 radical (unpaired) electrons. The number of nitrogens with zero attached hydrogens (tertiary/aromatic N) is 7. The van der Waals surface area contributed by atoms with Crippen molar-refractivity contribution < 1.29 is 14.3 Å². The van der Waals surface area contributed by atoms with E-state index in [-0.39, 0.29) is 12.0 Å². The highest BCUT2D eigenvalue weighted by atomic mass is 16.6. The van der Waals surface area contributed by atoms with Crippen LogP contribution < -0.4 is 10.1 Å². The third-order valence-electron chi connectivity index (χ3n) is 6.90. The van der Waals surface area contributed by atoms with Gasteiger partial charge >= 0.3 is 6.09 Å². The summed E-state index contributed by atoms with van der Waals surface area (Å²) >= 11 is 0. The Morgan fingerprint density at radius 2 is 1.90 bits per heavy atom. The van der Waals surface area contributed by atoms with Gasteiger partial charge in [0.05, 0.1) is 11.2 Å². The average molecular weight is 565 g/mol. The molecule has 0 saturated carbocycles. The van der Waals surface area contributed by atoms with Gasteiger partial charge in [-0.3, -0.25) is 0 Å². The molecule has 1 unspecified atom stereocenters. The molecule has 1 N–H and O–H groups in total. The van der Waals surface area contributed by atoms with Crippen LogP contribution in [-0.4, -0.2) is 59.2 Å². The van der Waals surface area contributed by atoms with Gasteiger partial charge in [-0.1, -0.05) is 13.0 Å². The Morgan fingerprint density at radius 3 is 2.69 bits per heavy atom. The fourth-order valence-corrected chi connectivity index (χ4v) is 4.90. The molecular weight excluding hydrogens is 532 g/mol. The van der Waals surface area contributed by atoms with Crippen LogP contribution in [0.2, 0.25) is 0 Å². The maximum atomic E-state index is 12.6. The fourth-order valence-electron chi connectivity index (χ4n) is 4.90. The van der Waals surface area contributed by atoms with Gasteiger partial charge in [0.1, 0.15) is 35.3 Å². The third-order valence-corrected chi connectivity index (χ3v) is 6.90. The molecule has 11 heteroatoms. The minimum absolute atomic E-state index is 0.0814. The zero-order chi connectivity index (χ0) is 29.4. The van der Waals surface area contributed by atoms with Gasteiger partial charge in [-0.05, 0) is 75.2 Å². The van der Waals surface area contributed by atoms with E-state index in [2.05, 4.69) is 32.3 Å². The maximum Gasteiger partial charge on any atom is 0.410 e. The van der Waals surface area contributed by atoms with Crippen LogP contribution in [0.15, 0.2) is 67.4 Å². The van der Waals surface area contributed by atoms with Gasteiger partial charge in [-0.15, -0.1) is 0 Å². The minimum Gasteiger partial charge on any atom is -0.457 e. The number of rotatable bonds is 5. The molecule has 5 heterocycles. The van der Waals surface area contributed by atoms with Crippen LogP contribution in [0.5, 0.6) is 11.5 Å². The van der Waals surface area contributed by atoms with Gasteiger partial charge < -0.3 is 19.7 Å². The molecule has 0 fully saturated rings. The molecule has 0 bridgehead atoms. The number of fused-ring (bicyclic) bond motifs is 2. The van der Waals surface area contributed by atoms with Crippen molar-refractivity contribution >= 4 is 39.9 Å². The number of hydrogen-bond acceptors (Lipinski definition) is 9. The lowest BCUT2D eigenvalue weighted by Crippen LogP contribution is -2.41. The Morgan fingerprint density at radius 1 is 1.05 bits per heavy atom. The van der Waals surface area contributed by atoms with Gasteiger partial charge in [0.2, 0.25) is 0 Å². The monoisotopic (exact) mass is 564 g/mol. The average Bonchev–Trinajstić information content (AvgIpc) is 3.42. The van der Waals surface area contributed by atoms with E-state index < -0.39 is 5.60 Å². The van der Waals surface area contributed by atoms with Crippen molar-refractivity contribution in [3.8, 4) is 11.5 Å². The molecule has 1 amide bonds. The predicted molar refractivity (Wildman–Crippen MR) is 160 cm³/mol. The van der Waals surface area contributed by atoms with Gasteiger partial charge in [0, 0.05) is 37.0 Å². The quantitative estimate of drug-likeness (QED) is 0.267. The van der Waals surface area contributed by atoms with Crippen LogP contribution in [0.4, 0.5) is 16.3 Å². The first kappa shape index (κ1) is 27.1. The number of pyridine rings is 2. The largest absolute Gasteiger partial charge is 0.457 e. The van der Waals surface area contributed by atoms with Gasteiger partial charge in [-0.25, -0.2) is 29.2 Å². The zero-order valence-corrected chi connectivity index (χ0v) is 24.2. The van der Waals surface area contributed by atoms with Gasteiger partial charge in [0.25, 0.3) is 0 Å². The molecule has 5 aromatic rings. The standard InChI is InChI=1S/C31H32N8O3/c1-19-14-21(6-9-26(19)41-22-10-13-39-27(15-22)33-18-35-39)36-29-28-25(32-17-34-29)8-7-24(37-28)23-11-12-38(16-20(23)2)30(40)42-31(3,4)5/h6-11,13-15,17-18,20H,12,16H2,1-5H3,(H,32,34,36). The lowest BCUT2D eigenvalue weighted by atomic mass is 9.93. The van der Waals surface area contributed by atoms with E-state index in [4.69, 9.17) is 14.5 Å². The second-order valence-corrected chi connectivity index (χ2v) is 11.4. The van der Waals surface area contributed by atoms with Crippen LogP contribution in [0, 0.1) is 12.8 Å². The summed E-state index contributed by atoms with van der Waals surface area (Å²) < 4.78 is 13.4. The van der Waals surface area contributed by atoms with Crippen molar-refractivity contribution in [1.82, 2.24) is 34.4 Å². The number of ether oxygens (including phenoxy) is 2. The Kier molecular flexibility index (Phi) is 6.93. The van der Waals surface area contributed by atoms with Crippen LogP contribution >= 0.6 is 0 Å².